The normalized spacial score (nSPS) is 20.9. The summed E-state index contributed by atoms with van der Waals surface area (Å²) in [4.78, 5) is 5.04. The fraction of sp³-hybridized carbons (Fsp3) is 0.172. The molecule has 0 spiro atoms. The Bertz CT molecular complexity index is 1340. The minimum Gasteiger partial charge on any atom is -0.231 e. The lowest BCUT2D eigenvalue weighted by Gasteiger charge is -2.29. The van der Waals surface area contributed by atoms with Crippen LogP contribution in [0.4, 0.5) is 5.13 Å². The van der Waals surface area contributed by atoms with Gasteiger partial charge in [-0.3, -0.25) is 0 Å². The molecule has 0 amide bonds. The molecule has 1 aliphatic carbocycles. The Hall–Kier alpha value is -3.02. The summed E-state index contributed by atoms with van der Waals surface area (Å²) in [5.41, 5.74) is 7.24. The van der Waals surface area contributed by atoms with E-state index in [1.807, 2.05) is 0 Å². The van der Waals surface area contributed by atoms with Crippen molar-refractivity contribution in [3.05, 3.63) is 111 Å². The molecule has 1 fully saturated rings. The Labute approximate surface area is 212 Å². The molecular weight excluding hydrogens is 502 g/mol. The minimum atomic E-state index is 0.166. The molecule has 2 atom stereocenters. The lowest BCUT2D eigenvalue weighted by Crippen LogP contribution is -2.28. The summed E-state index contributed by atoms with van der Waals surface area (Å²) < 4.78 is 1.07. The summed E-state index contributed by atoms with van der Waals surface area (Å²) in [5.74, 6) is 0.367. The number of halogens is 1. The molecular formula is C29H24BrN3S. The van der Waals surface area contributed by atoms with Crippen LogP contribution in [0.5, 0.6) is 0 Å². The van der Waals surface area contributed by atoms with Gasteiger partial charge in [-0.1, -0.05) is 88.7 Å². The Morgan fingerprint density at radius 2 is 1.65 bits per heavy atom. The van der Waals surface area contributed by atoms with Crippen LogP contribution in [0.2, 0.25) is 0 Å². The standard InChI is InChI=1S/C29H24BrN3S/c30-24-16-14-21(15-17-24)26-19-34-29(31-26)33-28(22-10-5-2-6-11-22)25-13-7-12-23(27(25)32-33)18-20-8-3-1-4-9-20/h1-6,8-11,14-19,25,28H,7,12-13H2/b23-18+/t25-,28+/m1/s1. The van der Waals surface area contributed by atoms with E-state index in [1.165, 1.54) is 28.8 Å². The number of allylic oxidation sites excluding steroid dienone is 1. The van der Waals surface area contributed by atoms with Crippen molar-refractivity contribution in [1.82, 2.24) is 4.98 Å². The van der Waals surface area contributed by atoms with Crippen molar-refractivity contribution >= 4 is 44.2 Å². The fourth-order valence-electron chi connectivity index (χ4n) is 5.01. The van der Waals surface area contributed by atoms with Crippen LogP contribution in [0.25, 0.3) is 17.3 Å². The molecule has 3 aromatic carbocycles. The van der Waals surface area contributed by atoms with Crippen molar-refractivity contribution in [2.75, 3.05) is 5.01 Å². The van der Waals surface area contributed by atoms with Gasteiger partial charge in [0.15, 0.2) is 0 Å². The number of hydrogen-bond acceptors (Lipinski definition) is 4. The predicted octanol–water partition coefficient (Wildman–Crippen LogP) is 8.37. The summed E-state index contributed by atoms with van der Waals surface area (Å²) in [6.45, 7) is 0. The number of nitrogens with zero attached hydrogens (tertiary/aromatic N) is 3. The van der Waals surface area contributed by atoms with Crippen molar-refractivity contribution < 1.29 is 0 Å². The molecule has 1 aromatic heterocycles. The number of fused-ring (bicyclic) bond motifs is 1. The van der Waals surface area contributed by atoms with Gasteiger partial charge in [-0.05, 0) is 54.2 Å². The molecule has 0 radical (unpaired) electrons. The zero-order valence-corrected chi connectivity index (χ0v) is 21.0. The highest BCUT2D eigenvalue weighted by molar-refractivity contribution is 9.10. The van der Waals surface area contributed by atoms with Gasteiger partial charge in [0.1, 0.15) is 0 Å². The van der Waals surface area contributed by atoms with Gasteiger partial charge < -0.3 is 0 Å². The van der Waals surface area contributed by atoms with Gasteiger partial charge in [-0.15, -0.1) is 11.3 Å². The molecule has 0 bridgehead atoms. The van der Waals surface area contributed by atoms with Gasteiger partial charge >= 0.3 is 0 Å². The Morgan fingerprint density at radius 3 is 2.41 bits per heavy atom. The third-order valence-electron chi connectivity index (χ3n) is 6.61. The highest BCUT2D eigenvalue weighted by Crippen LogP contribution is 2.47. The summed E-state index contributed by atoms with van der Waals surface area (Å²) in [6.07, 6.45) is 5.72. The van der Waals surface area contributed by atoms with Gasteiger partial charge in [0, 0.05) is 21.3 Å². The first-order valence-electron chi connectivity index (χ1n) is 11.7. The average Bonchev–Trinajstić information content (AvgIpc) is 3.51. The number of hydrazone groups is 1. The molecule has 4 aromatic rings. The van der Waals surface area contributed by atoms with Crippen molar-refractivity contribution in [2.24, 2.45) is 11.0 Å². The fourth-order valence-corrected chi connectivity index (χ4v) is 6.10. The lowest BCUT2D eigenvalue weighted by molar-refractivity contribution is 0.487. The number of rotatable bonds is 4. The van der Waals surface area contributed by atoms with E-state index < -0.39 is 0 Å². The second-order valence-electron chi connectivity index (χ2n) is 8.79. The van der Waals surface area contributed by atoms with E-state index in [4.69, 9.17) is 10.1 Å². The van der Waals surface area contributed by atoms with E-state index in [1.54, 1.807) is 11.3 Å². The molecule has 1 aliphatic heterocycles. The number of anilines is 1. The maximum atomic E-state index is 5.26. The second kappa shape index (κ2) is 9.32. The highest BCUT2D eigenvalue weighted by atomic mass is 79.9. The average molecular weight is 527 g/mol. The molecule has 3 nitrogen and oxygen atoms in total. The highest BCUT2D eigenvalue weighted by Gasteiger charge is 2.42. The third kappa shape index (κ3) is 4.15. The van der Waals surface area contributed by atoms with Crippen LogP contribution >= 0.6 is 27.3 Å². The monoisotopic (exact) mass is 525 g/mol. The lowest BCUT2D eigenvalue weighted by atomic mass is 9.77. The first kappa shape index (κ1) is 21.5. The topological polar surface area (TPSA) is 28.5 Å². The molecule has 6 rings (SSSR count). The van der Waals surface area contributed by atoms with Crippen LogP contribution in [0.1, 0.15) is 36.4 Å². The minimum absolute atomic E-state index is 0.166. The van der Waals surface area contributed by atoms with Crippen LogP contribution in [-0.2, 0) is 0 Å². The molecule has 5 heteroatoms. The second-order valence-corrected chi connectivity index (χ2v) is 10.5. The van der Waals surface area contributed by atoms with Crippen molar-refractivity contribution in [3.63, 3.8) is 0 Å². The van der Waals surface area contributed by atoms with E-state index >= 15 is 0 Å². The smallest absolute Gasteiger partial charge is 0.207 e. The molecule has 0 N–H and O–H groups in total. The van der Waals surface area contributed by atoms with Crippen LogP contribution in [0, 0.1) is 5.92 Å². The Morgan fingerprint density at radius 1 is 0.912 bits per heavy atom. The molecule has 1 saturated carbocycles. The van der Waals surface area contributed by atoms with Gasteiger partial charge in [0.2, 0.25) is 5.13 Å². The van der Waals surface area contributed by atoms with Gasteiger partial charge in [0.25, 0.3) is 0 Å². The van der Waals surface area contributed by atoms with Gasteiger partial charge in [-0.2, -0.15) is 5.10 Å². The zero-order chi connectivity index (χ0) is 22.9. The largest absolute Gasteiger partial charge is 0.231 e. The van der Waals surface area contributed by atoms with E-state index in [2.05, 4.69) is 117 Å². The first-order valence-corrected chi connectivity index (χ1v) is 13.3. The predicted molar refractivity (Wildman–Crippen MR) is 146 cm³/mol. The summed E-state index contributed by atoms with van der Waals surface area (Å²) in [7, 11) is 0. The van der Waals surface area contributed by atoms with Crippen LogP contribution in [0.3, 0.4) is 0 Å². The van der Waals surface area contributed by atoms with E-state index in [-0.39, 0.29) is 6.04 Å². The summed E-state index contributed by atoms with van der Waals surface area (Å²) in [6, 6.07) is 29.9. The van der Waals surface area contributed by atoms with Crippen LogP contribution < -0.4 is 5.01 Å². The van der Waals surface area contributed by atoms with Crippen LogP contribution in [0.15, 0.2) is 105 Å². The van der Waals surface area contributed by atoms with Crippen molar-refractivity contribution in [3.8, 4) is 11.3 Å². The quantitative estimate of drug-likeness (QED) is 0.267. The van der Waals surface area contributed by atoms with Gasteiger partial charge in [0.05, 0.1) is 17.4 Å². The number of thiazole rings is 1. The zero-order valence-electron chi connectivity index (χ0n) is 18.6. The Kier molecular flexibility index (Phi) is 5.90. The summed E-state index contributed by atoms with van der Waals surface area (Å²) in [5, 5.41) is 10.5. The third-order valence-corrected chi connectivity index (χ3v) is 7.97. The maximum Gasteiger partial charge on any atom is 0.207 e. The molecule has 2 aliphatic rings. The number of hydrogen-bond donors (Lipinski definition) is 0. The van der Waals surface area contributed by atoms with Crippen molar-refractivity contribution in [1.29, 1.82) is 0 Å². The molecule has 34 heavy (non-hydrogen) atoms. The van der Waals surface area contributed by atoms with E-state index in [0.29, 0.717) is 5.92 Å². The first-order chi connectivity index (χ1) is 16.8. The molecule has 2 heterocycles. The van der Waals surface area contributed by atoms with E-state index in [0.717, 1.165) is 33.7 Å². The molecule has 168 valence electrons. The maximum absolute atomic E-state index is 5.26. The summed E-state index contributed by atoms with van der Waals surface area (Å²) >= 11 is 5.20. The SMILES string of the molecule is Brc1ccc(-c2csc(N3N=C4/C(=C/c5ccccc5)CCC[C@H]4[C@@H]3c3ccccc3)n2)cc1. The van der Waals surface area contributed by atoms with Crippen molar-refractivity contribution in [2.45, 2.75) is 25.3 Å². The van der Waals surface area contributed by atoms with E-state index in [9.17, 15) is 0 Å². The van der Waals surface area contributed by atoms with Gasteiger partial charge in [-0.25, -0.2) is 9.99 Å². The number of aromatic nitrogens is 1. The van der Waals surface area contributed by atoms with Crippen LogP contribution in [-0.4, -0.2) is 10.7 Å². The molecule has 0 unspecified atom stereocenters. The Balaban J connectivity index is 1.42. The molecule has 0 saturated heterocycles. The number of benzene rings is 3.